The van der Waals surface area contributed by atoms with E-state index in [1.54, 1.807) is 68.9 Å². The average Bonchev–Trinajstić information content (AvgIpc) is 3.26. The number of ether oxygens (including phenoxy) is 3. The third kappa shape index (κ3) is 6.24. The number of carbonyl (C=O) groups is 1. The summed E-state index contributed by atoms with van der Waals surface area (Å²) in [7, 11) is 1.58. The fourth-order valence-corrected chi connectivity index (χ4v) is 6.14. The summed E-state index contributed by atoms with van der Waals surface area (Å²) in [6, 6.07) is 18.2. The molecule has 7 nitrogen and oxygen atoms in total. The minimum absolute atomic E-state index is 0.269. The molecular weight excluding hydrogens is 623 g/mol. The summed E-state index contributed by atoms with van der Waals surface area (Å²) in [4.78, 5) is 32.3. The highest BCUT2D eigenvalue weighted by Gasteiger charge is 2.33. The average molecular weight is 652 g/mol. The van der Waals surface area contributed by atoms with Gasteiger partial charge in [-0.05, 0) is 95.9 Å². The van der Waals surface area contributed by atoms with Gasteiger partial charge >= 0.3 is 5.97 Å². The zero-order chi connectivity index (χ0) is 30.0. The summed E-state index contributed by atoms with van der Waals surface area (Å²) in [6.45, 7) is 5.60. The number of allylic oxidation sites excluding steroid dienone is 1. The van der Waals surface area contributed by atoms with Gasteiger partial charge in [-0.25, -0.2) is 14.2 Å². The van der Waals surface area contributed by atoms with Gasteiger partial charge in [-0.2, -0.15) is 0 Å². The number of nitrogens with zero attached hydrogens (tertiary/aromatic N) is 2. The smallest absolute Gasteiger partial charge is 0.338 e. The normalized spacial score (nSPS) is 14.9. The lowest BCUT2D eigenvalue weighted by Crippen LogP contribution is -2.40. The predicted molar refractivity (Wildman–Crippen MR) is 163 cm³/mol. The molecule has 1 aromatic heterocycles. The molecule has 0 bridgehead atoms. The van der Waals surface area contributed by atoms with E-state index in [0.717, 1.165) is 16.7 Å². The monoisotopic (exact) mass is 650 g/mol. The molecule has 42 heavy (non-hydrogen) atoms. The van der Waals surface area contributed by atoms with Crippen molar-refractivity contribution in [2.75, 3.05) is 7.11 Å². The molecule has 3 aromatic carbocycles. The molecule has 5 rings (SSSR count). The van der Waals surface area contributed by atoms with E-state index in [0.29, 0.717) is 36.6 Å². The van der Waals surface area contributed by atoms with Crippen LogP contribution < -0.4 is 24.4 Å². The van der Waals surface area contributed by atoms with E-state index in [2.05, 4.69) is 20.9 Å². The zero-order valence-corrected chi connectivity index (χ0v) is 25.8. The van der Waals surface area contributed by atoms with Crippen LogP contribution in [0.15, 0.2) is 92.3 Å². The number of hydrogen-bond donors (Lipinski definition) is 0. The van der Waals surface area contributed by atoms with Gasteiger partial charge in [-0.15, -0.1) is 0 Å². The van der Waals surface area contributed by atoms with Gasteiger partial charge < -0.3 is 14.2 Å². The van der Waals surface area contributed by atoms with Crippen molar-refractivity contribution in [3.8, 4) is 11.5 Å². The summed E-state index contributed by atoms with van der Waals surface area (Å²) in [5.74, 6) is 0.462. The molecular formula is C32H28BrFN2O5S. The summed E-state index contributed by atoms with van der Waals surface area (Å²) >= 11 is 4.81. The number of fused-ring (bicyclic) bond motifs is 1. The van der Waals surface area contributed by atoms with Crippen LogP contribution in [0.1, 0.15) is 43.5 Å². The fourth-order valence-electron chi connectivity index (χ4n) is 4.58. The van der Waals surface area contributed by atoms with Crippen molar-refractivity contribution in [2.45, 2.75) is 39.5 Å². The second-order valence-electron chi connectivity index (χ2n) is 9.91. The van der Waals surface area contributed by atoms with E-state index < -0.39 is 12.0 Å². The number of methoxy groups -OCH3 is 1. The number of hydrogen-bond acceptors (Lipinski definition) is 7. The molecule has 1 aliphatic heterocycles. The minimum Gasteiger partial charge on any atom is -0.497 e. The Labute approximate surface area is 254 Å². The molecule has 0 saturated carbocycles. The van der Waals surface area contributed by atoms with E-state index >= 15 is 0 Å². The maximum atomic E-state index is 13.9. The van der Waals surface area contributed by atoms with Crippen LogP contribution in [0, 0.1) is 5.82 Å². The molecule has 1 atom stereocenters. The Balaban J connectivity index is 1.52. The van der Waals surface area contributed by atoms with Crippen molar-refractivity contribution in [3.63, 3.8) is 0 Å². The summed E-state index contributed by atoms with van der Waals surface area (Å²) < 4.78 is 32.7. The number of thiazole rings is 1. The van der Waals surface area contributed by atoms with Crippen molar-refractivity contribution in [2.24, 2.45) is 4.99 Å². The van der Waals surface area contributed by atoms with Crippen molar-refractivity contribution in [1.29, 1.82) is 0 Å². The molecule has 0 spiro atoms. The minimum atomic E-state index is -0.713. The van der Waals surface area contributed by atoms with E-state index in [9.17, 15) is 14.0 Å². The lowest BCUT2D eigenvalue weighted by atomic mass is 9.96. The van der Waals surface area contributed by atoms with Gasteiger partial charge in [0, 0.05) is 0 Å². The van der Waals surface area contributed by atoms with Crippen LogP contribution in [0.25, 0.3) is 6.08 Å². The molecule has 2 heterocycles. The van der Waals surface area contributed by atoms with Gasteiger partial charge in [0.1, 0.15) is 23.9 Å². The number of esters is 1. The number of carbonyl (C=O) groups excluding carboxylic acids is 1. The lowest BCUT2D eigenvalue weighted by molar-refractivity contribution is -0.143. The lowest BCUT2D eigenvalue weighted by Gasteiger charge is -2.25. The molecule has 1 aliphatic rings. The standard InChI is InChI=1S/C32H28BrFN2O5S/c1-18(2)41-31(38)28-19(3)35-32-36(29(28)22-8-12-24(39-4)13-9-22)30(37)27(42-32)16-21-7-14-26(25(33)15-21)40-17-20-5-10-23(34)11-6-20/h5-16,18,29H,17H2,1-4H3/b27-16-/t29-/m0/s1. The maximum absolute atomic E-state index is 13.9. The van der Waals surface area contributed by atoms with Gasteiger partial charge in [-0.1, -0.05) is 41.7 Å². The van der Waals surface area contributed by atoms with Crippen molar-refractivity contribution in [3.05, 3.63) is 125 Å². The first-order chi connectivity index (χ1) is 20.1. The van der Waals surface area contributed by atoms with Gasteiger partial charge in [0.2, 0.25) is 0 Å². The Bertz CT molecular complexity index is 1840. The fraction of sp³-hybridized carbons (Fsp3) is 0.219. The Morgan fingerprint density at radius 2 is 1.83 bits per heavy atom. The molecule has 0 radical (unpaired) electrons. The highest BCUT2D eigenvalue weighted by Crippen LogP contribution is 2.32. The zero-order valence-electron chi connectivity index (χ0n) is 23.4. The van der Waals surface area contributed by atoms with Crippen molar-refractivity contribution >= 4 is 39.3 Å². The van der Waals surface area contributed by atoms with E-state index in [-0.39, 0.29) is 24.1 Å². The molecule has 0 saturated heterocycles. The van der Waals surface area contributed by atoms with Crippen molar-refractivity contribution in [1.82, 2.24) is 4.57 Å². The van der Waals surface area contributed by atoms with Crippen LogP contribution in [0.4, 0.5) is 4.39 Å². The largest absolute Gasteiger partial charge is 0.497 e. The Kier molecular flexibility index (Phi) is 8.74. The molecule has 0 amide bonds. The Morgan fingerprint density at radius 1 is 1.12 bits per heavy atom. The Morgan fingerprint density at radius 3 is 2.48 bits per heavy atom. The van der Waals surface area contributed by atoms with Crippen LogP contribution in [-0.4, -0.2) is 23.8 Å². The van der Waals surface area contributed by atoms with Gasteiger partial charge in [0.05, 0.1) is 39.5 Å². The highest BCUT2D eigenvalue weighted by molar-refractivity contribution is 9.10. The number of aromatic nitrogens is 1. The summed E-state index contributed by atoms with van der Waals surface area (Å²) in [5.41, 5.74) is 2.90. The molecule has 0 fully saturated rings. The Hall–Kier alpha value is -4.02. The first-order valence-electron chi connectivity index (χ1n) is 13.2. The van der Waals surface area contributed by atoms with Crippen LogP contribution in [0.2, 0.25) is 0 Å². The molecule has 10 heteroatoms. The second-order valence-corrected chi connectivity index (χ2v) is 11.8. The van der Waals surface area contributed by atoms with E-state index in [4.69, 9.17) is 14.2 Å². The van der Waals surface area contributed by atoms with Gasteiger partial charge in [0.25, 0.3) is 5.56 Å². The number of benzene rings is 3. The van der Waals surface area contributed by atoms with Crippen LogP contribution in [0.5, 0.6) is 11.5 Å². The molecule has 0 aliphatic carbocycles. The van der Waals surface area contributed by atoms with Gasteiger partial charge in [-0.3, -0.25) is 9.36 Å². The second kappa shape index (κ2) is 12.5. The van der Waals surface area contributed by atoms with Crippen LogP contribution >= 0.6 is 27.3 Å². The third-order valence-corrected chi connectivity index (χ3v) is 8.18. The van der Waals surface area contributed by atoms with Crippen molar-refractivity contribution < 1.29 is 23.4 Å². The number of rotatable bonds is 8. The molecule has 216 valence electrons. The maximum Gasteiger partial charge on any atom is 0.338 e. The van der Waals surface area contributed by atoms with Crippen LogP contribution in [0.3, 0.4) is 0 Å². The highest BCUT2D eigenvalue weighted by atomic mass is 79.9. The molecule has 0 unspecified atom stereocenters. The molecule has 0 N–H and O–H groups in total. The quantitative estimate of drug-likeness (QED) is 0.230. The number of halogens is 2. The molecule has 4 aromatic rings. The third-order valence-electron chi connectivity index (χ3n) is 6.58. The van der Waals surface area contributed by atoms with Crippen LogP contribution in [-0.2, 0) is 16.1 Å². The summed E-state index contributed by atoms with van der Waals surface area (Å²) in [5, 5.41) is 0. The van der Waals surface area contributed by atoms with Gasteiger partial charge in [0.15, 0.2) is 4.80 Å². The van der Waals surface area contributed by atoms with E-state index in [1.807, 2.05) is 24.3 Å². The first kappa shape index (κ1) is 29.5. The SMILES string of the molecule is COc1ccc([C@H]2C(C(=O)OC(C)C)=C(C)N=c3s/c(=C\c4ccc(OCc5ccc(F)cc5)c(Br)c4)c(=O)n32)cc1. The summed E-state index contributed by atoms with van der Waals surface area (Å²) in [6.07, 6.45) is 1.45. The topological polar surface area (TPSA) is 79.1 Å². The van der Waals surface area contributed by atoms with E-state index in [1.165, 1.54) is 23.5 Å². The first-order valence-corrected chi connectivity index (χ1v) is 14.8. The predicted octanol–water partition coefficient (Wildman–Crippen LogP) is 5.68.